The zero-order valence-electron chi connectivity index (χ0n) is 10.6. The Balaban J connectivity index is 2.21. The molecular weight excluding hydrogens is 365 g/mol. The molecule has 2 nitrogen and oxygen atoms in total. The maximum Gasteiger partial charge on any atom is 0.161 e. The van der Waals surface area contributed by atoms with Crippen LogP contribution in [-0.2, 0) is 6.54 Å². The number of hydrogen-bond acceptors (Lipinski definition) is 2. The van der Waals surface area contributed by atoms with E-state index >= 15 is 0 Å². The van der Waals surface area contributed by atoms with Crippen LogP contribution in [-0.4, -0.2) is 4.99 Å². The van der Waals surface area contributed by atoms with Crippen LogP contribution in [0.15, 0.2) is 34.8 Å². The number of halogens is 4. The highest BCUT2D eigenvalue weighted by atomic mass is 79.9. The van der Waals surface area contributed by atoms with Gasteiger partial charge in [-0.15, -0.1) is 0 Å². The molecule has 0 amide bonds. The molecule has 21 heavy (non-hydrogen) atoms. The molecule has 110 valence electrons. The van der Waals surface area contributed by atoms with E-state index in [1.807, 2.05) is 0 Å². The summed E-state index contributed by atoms with van der Waals surface area (Å²) in [7, 11) is 0. The third-order valence-corrected chi connectivity index (χ3v) is 3.83. The van der Waals surface area contributed by atoms with Crippen LogP contribution < -0.4 is 11.1 Å². The Morgan fingerprint density at radius 3 is 2.52 bits per heavy atom. The van der Waals surface area contributed by atoms with Gasteiger partial charge in [-0.3, -0.25) is 0 Å². The van der Waals surface area contributed by atoms with Gasteiger partial charge in [-0.25, -0.2) is 13.2 Å². The summed E-state index contributed by atoms with van der Waals surface area (Å²) in [6.07, 6.45) is 0. The second-order valence-corrected chi connectivity index (χ2v) is 5.48. The summed E-state index contributed by atoms with van der Waals surface area (Å²) >= 11 is 7.87. The zero-order chi connectivity index (χ0) is 15.6. The summed E-state index contributed by atoms with van der Waals surface area (Å²) < 4.78 is 40.5. The van der Waals surface area contributed by atoms with Gasteiger partial charge < -0.3 is 11.1 Å². The van der Waals surface area contributed by atoms with Crippen molar-refractivity contribution in [2.45, 2.75) is 6.54 Å². The van der Waals surface area contributed by atoms with Gasteiger partial charge in [0, 0.05) is 23.7 Å². The average Bonchev–Trinajstić information content (AvgIpc) is 2.41. The Hall–Kier alpha value is -1.60. The first-order chi connectivity index (χ1) is 9.90. The molecule has 0 bridgehead atoms. The Morgan fingerprint density at radius 1 is 1.19 bits per heavy atom. The van der Waals surface area contributed by atoms with Crippen LogP contribution in [0.25, 0.3) is 0 Å². The van der Waals surface area contributed by atoms with Gasteiger partial charge in [0.25, 0.3) is 0 Å². The average molecular weight is 375 g/mol. The topological polar surface area (TPSA) is 38.0 Å². The number of hydrogen-bond donors (Lipinski definition) is 2. The van der Waals surface area contributed by atoms with Crippen LogP contribution in [0.2, 0.25) is 0 Å². The molecule has 0 aromatic heterocycles. The van der Waals surface area contributed by atoms with Crippen LogP contribution >= 0.6 is 28.1 Å². The molecule has 2 aromatic rings. The van der Waals surface area contributed by atoms with Crippen molar-refractivity contribution in [1.29, 1.82) is 0 Å². The minimum Gasteiger partial charge on any atom is -0.389 e. The molecule has 0 fully saturated rings. The monoisotopic (exact) mass is 374 g/mol. The van der Waals surface area contributed by atoms with E-state index in [0.717, 1.165) is 12.1 Å². The molecule has 7 heteroatoms. The molecule has 0 atom stereocenters. The van der Waals surface area contributed by atoms with Gasteiger partial charge in [0.1, 0.15) is 16.6 Å². The maximum atomic E-state index is 14.1. The summed E-state index contributed by atoms with van der Waals surface area (Å²) in [6, 6.07) is 6.23. The van der Waals surface area contributed by atoms with E-state index in [0.29, 0.717) is 5.56 Å². The normalized spacial score (nSPS) is 10.5. The maximum absolute atomic E-state index is 14.1. The SMILES string of the molecule is NC(=S)c1ccc(NCc2ccc(F)cc2F)c(F)c1Br. The number of benzene rings is 2. The van der Waals surface area contributed by atoms with Crippen LogP contribution in [0.1, 0.15) is 11.1 Å². The Morgan fingerprint density at radius 2 is 1.90 bits per heavy atom. The number of rotatable bonds is 4. The molecule has 0 aliphatic heterocycles. The fraction of sp³-hybridized carbons (Fsp3) is 0.0714. The summed E-state index contributed by atoms with van der Waals surface area (Å²) in [6.45, 7) is 0.0158. The van der Waals surface area contributed by atoms with E-state index in [1.54, 1.807) is 6.07 Å². The standard InChI is InChI=1S/C14H10BrF3N2S/c15-12-9(14(19)21)3-4-11(13(12)18)20-6-7-1-2-8(16)5-10(7)17/h1-5,20H,6H2,(H2,19,21). The predicted molar refractivity (Wildman–Crippen MR) is 83.7 cm³/mol. The van der Waals surface area contributed by atoms with E-state index in [4.69, 9.17) is 18.0 Å². The number of thiocarbonyl (C=S) groups is 1. The molecule has 0 saturated heterocycles. The smallest absolute Gasteiger partial charge is 0.161 e. The molecule has 2 rings (SSSR count). The van der Waals surface area contributed by atoms with Crippen molar-refractivity contribution in [3.63, 3.8) is 0 Å². The van der Waals surface area contributed by atoms with Crippen molar-refractivity contribution in [1.82, 2.24) is 0 Å². The molecule has 2 aromatic carbocycles. The van der Waals surface area contributed by atoms with Crippen molar-refractivity contribution >= 4 is 38.8 Å². The third kappa shape index (κ3) is 3.54. The number of nitrogens with two attached hydrogens (primary N) is 1. The van der Waals surface area contributed by atoms with Crippen molar-refractivity contribution < 1.29 is 13.2 Å². The summed E-state index contributed by atoms with van der Waals surface area (Å²) in [4.78, 5) is 0.0666. The Labute approximate surface area is 133 Å². The first-order valence-electron chi connectivity index (χ1n) is 5.85. The molecule has 0 spiro atoms. The molecule has 0 aliphatic rings. The lowest BCUT2D eigenvalue weighted by molar-refractivity contribution is 0.573. The Bertz CT molecular complexity index is 707. The van der Waals surface area contributed by atoms with Crippen molar-refractivity contribution in [3.05, 3.63) is 63.4 Å². The summed E-state index contributed by atoms with van der Waals surface area (Å²) in [5.41, 5.74) is 6.22. The number of nitrogens with one attached hydrogen (secondary N) is 1. The second kappa shape index (κ2) is 6.44. The Kier molecular flexibility index (Phi) is 4.84. The van der Waals surface area contributed by atoms with Crippen LogP contribution in [0.5, 0.6) is 0 Å². The van der Waals surface area contributed by atoms with E-state index < -0.39 is 17.5 Å². The summed E-state index contributed by atoms with van der Waals surface area (Å²) in [5.74, 6) is -1.93. The first kappa shape index (κ1) is 15.8. The van der Waals surface area contributed by atoms with Gasteiger partial charge in [0.05, 0.1) is 10.2 Å². The highest BCUT2D eigenvalue weighted by Gasteiger charge is 2.13. The van der Waals surface area contributed by atoms with Crippen LogP contribution in [0.3, 0.4) is 0 Å². The van der Waals surface area contributed by atoms with Crippen molar-refractivity contribution in [2.75, 3.05) is 5.32 Å². The van der Waals surface area contributed by atoms with Crippen LogP contribution in [0, 0.1) is 17.5 Å². The van der Waals surface area contributed by atoms with E-state index in [2.05, 4.69) is 21.2 Å². The van der Waals surface area contributed by atoms with E-state index in [9.17, 15) is 13.2 Å². The molecule has 0 unspecified atom stereocenters. The van der Waals surface area contributed by atoms with Gasteiger partial charge in [-0.05, 0) is 34.1 Å². The van der Waals surface area contributed by atoms with Crippen LogP contribution in [0.4, 0.5) is 18.9 Å². The van der Waals surface area contributed by atoms with Crippen molar-refractivity contribution in [2.24, 2.45) is 5.73 Å². The lowest BCUT2D eigenvalue weighted by atomic mass is 10.1. The molecule has 0 heterocycles. The van der Waals surface area contributed by atoms with E-state index in [-0.39, 0.29) is 27.3 Å². The molecule has 0 aliphatic carbocycles. The van der Waals surface area contributed by atoms with Crippen molar-refractivity contribution in [3.8, 4) is 0 Å². The van der Waals surface area contributed by atoms with Gasteiger partial charge in [0.2, 0.25) is 0 Å². The minimum absolute atomic E-state index is 0.0158. The van der Waals surface area contributed by atoms with Gasteiger partial charge in [0.15, 0.2) is 5.82 Å². The molecular formula is C14H10BrF3N2S. The largest absolute Gasteiger partial charge is 0.389 e. The fourth-order valence-corrected chi connectivity index (χ4v) is 2.59. The quantitative estimate of drug-likeness (QED) is 0.790. The fourth-order valence-electron chi connectivity index (χ4n) is 1.73. The minimum atomic E-state index is -0.693. The van der Waals surface area contributed by atoms with Gasteiger partial charge in [-0.1, -0.05) is 18.3 Å². The number of anilines is 1. The highest BCUT2D eigenvalue weighted by Crippen LogP contribution is 2.27. The second-order valence-electron chi connectivity index (χ2n) is 4.24. The molecule has 0 saturated carbocycles. The first-order valence-corrected chi connectivity index (χ1v) is 7.06. The van der Waals surface area contributed by atoms with E-state index in [1.165, 1.54) is 12.1 Å². The highest BCUT2D eigenvalue weighted by molar-refractivity contribution is 9.10. The molecule has 3 N–H and O–H groups in total. The lowest BCUT2D eigenvalue weighted by Gasteiger charge is -2.11. The summed E-state index contributed by atoms with van der Waals surface area (Å²) in [5, 5.41) is 2.74. The van der Waals surface area contributed by atoms with Gasteiger partial charge >= 0.3 is 0 Å². The lowest BCUT2D eigenvalue weighted by Crippen LogP contribution is -2.12. The predicted octanol–water partition coefficient (Wildman–Crippen LogP) is 4.11. The third-order valence-electron chi connectivity index (χ3n) is 2.83. The zero-order valence-corrected chi connectivity index (χ0v) is 13.0. The molecule has 0 radical (unpaired) electrons. The van der Waals surface area contributed by atoms with Gasteiger partial charge in [-0.2, -0.15) is 0 Å².